The summed E-state index contributed by atoms with van der Waals surface area (Å²) in [7, 11) is 0. The van der Waals surface area contributed by atoms with Gasteiger partial charge in [0.2, 0.25) is 5.91 Å². The fourth-order valence-electron chi connectivity index (χ4n) is 1.50. The minimum atomic E-state index is -0.0156. The lowest BCUT2D eigenvalue weighted by Crippen LogP contribution is -2.47. The highest BCUT2D eigenvalue weighted by molar-refractivity contribution is 14.0. The molecule has 0 spiro atoms. The molecule has 1 rings (SSSR count). The van der Waals surface area contributed by atoms with Gasteiger partial charge in [-0.1, -0.05) is 0 Å². The van der Waals surface area contributed by atoms with Gasteiger partial charge in [-0.3, -0.25) is 9.79 Å². The number of halogens is 1. The van der Waals surface area contributed by atoms with Gasteiger partial charge in [0.25, 0.3) is 0 Å². The largest absolute Gasteiger partial charge is 0.357 e. The van der Waals surface area contributed by atoms with Gasteiger partial charge in [-0.05, 0) is 40.5 Å². The highest BCUT2D eigenvalue weighted by atomic mass is 127. The van der Waals surface area contributed by atoms with Crippen LogP contribution in [-0.4, -0.2) is 37.0 Å². The van der Waals surface area contributed by atoms with Crippen LogP contribution in [0.25, 0.3) is 0 Å². The van der Waals surface area contributed by atoms with E-state index < -0.39 is 0 Å². The Morgan fingerprint density at radius 3 is 2.37 bits per heavy atom. The van der Waals surface area contributed by atoms with Crippen molar-refractivity contribution in [2.45, 2.75) is 46.1 Å². The van der Waals surface area contributed by atoms with Crippen LogP contribution in [-0.2, 0) is 4.79 Å². The van der Waals surface area contributed by atoms with Gasteiger partial charge in [0.1, 0.15) is 0 Å². The highest BCUT2D eigenvalue weighted by Crippen LogP contribution is 2.28. The standard InChI is InChI=1S/C13H26N4O.HI/c1-5-14-12(17-13(2,3)4)16-9-8-15-11(18)10-6-7-10;/h10H,5-9H2,1-4H3,(H,15,18)(H2,14,16,17);1H. The molecule has 5 nitrogen and oxygen atoms in total. The zero-order valence-electron chi connectivity index (χ0n) is 12.4. The first-order valence-electron chi connectivity index (χ1n) is 6.76. The molecular weight excluding hydrogens is 355 g/mol. The Balaban J connectivity index is 0.00000324. The number of amides is 1. The number of rotatable bonds is 5. The van der Waals surface area contributed by atoms with Crippen LogP contribution < -0.4 is 16.0 Å². The second-order valence-corrected chi connectivity index (χ2v) is 5.70. The Morgan fingerprint density at radius 2 is 1.89 bits per heavy atom. The van der Waals surface area contributed by atoms with Crippen molar-refractivity contribution >= 4 is 35.8 Å². The molecule has 3 N–H and O–H groups in total. The van der Waals surface area contributed by atoms with Gasteiger partial charge >= 0.3 is 0 Å². The summed E-state index contributed by atoms with van der Waals surface area (Å²) < 4.78 is 0. The first-order valence-corrected chi connectivity index (χ1v) is 6.76. The molecule has 19 heavy (non-hydrogen) atoms. The molecular formula is C13H27IN4O. The van der Waals surface area contributed by atoms with Crippen molar-refractivity contribution in [3.05, 3.63) is 0 Å². The first kappa shape index (κ1) is 18.5. The summed E-state index contributed by atoms with van der Waals surface area (Å²) in [6, 6.07) is 0. The first-order chi connectivity index (χ1) is 8.42. The van der Waals surface area contributed by atoms with E-state index in [0.717, 1.165) is 25.3 Å². The zero-order chi connectivity index (χ0) is 13.6. The number of nitrogens with zero attached hydrogens (tertiary/aromatic N) is 1. The number of nitrogens with one attached hydrogen (secondary N) is 3. The van der Waals surface area contributed by atoms with Crippen LogP contribution in [0, 0.1) is 5.92 Å². The average molecular weight is 382 g/mol. The van der Waals surface area contributed by atoms with E-state index in [2.05, 4.69) is 41.7 Å². The average Bonchev–Trinajstić information content (AvgIpc) is 3.05. The quantitative estimate of drug-likeness (QED) is 0.292. The van der Waals surface area contributed by atoms with E-state index in [0.29, 0.717) is 13.1 Å². The summed E-state index contributed by atoms with van der Waals surface area (Å²) >= 11 is 0. The van der Waals surface area contributed by atoms with Gasteiger partial charge in [0.05, 0.1) is 6.54 Å². The lowest BCUT2D eigenvalue weighted by Gasteiger charge is -2.23. The third-order valence-corrected chi connectivity index (χ3v) is 2.47. The lowest BCUT2D eigenvalue weighted by molar-refractivity contribution is -0.122. The number of carbonyl (C=O) groups excluding carboxylic acids is 1. The Hall–Kier alpha value is -0.530. The van der Waals surface area contributed by atoms with E-state index in [-0.39, 0.29) is 41.3 Å². The Bertz CT molecular complexity index is 308. The van der Waals surface area contributed by atoms with Gasteiger partial charge in [0, 0.05) is 24.5 Å². The maximum atomic E-state index is 11.4. The Morgan fingerprint density at radius 1 is 1.26 bits per heavy atom. The predicted molar refractivity (Wildman–Crippen MR) is 90.0 cm³/mol. The number of carbonyl (C=O) groups is 1. The van der Waals surface area contributed by atoms with Crippen molar-refractivity contribution < 1.29 is 4.79 Å². The second kappa shape index (κ2) is 8.60. The van der Waals surface area contributed by atoms with Crippen LogP contribution in [0.3, 0.4) is 0 Å². The number of hydrogen-bond acceptors (Lipinski definition) is 2. The van der Waals surface area contributed by atoms with Crippen LogP contribution >= 0.6 is 24.0 Å². The number of aliphatic imine (C=N–C) groups is 1. The maximum Gasteiger partial charge on any atom is 0.223 e. The molecule has 1 saturated carbocycles. The monoisotopic (exact) mass is 382 g/mol. The lowest BCUT2D eigenvalue weighted by atomic mass is 10.1. The van der Waals surface area contributed by atoms with Crippen molar-refractivity contribution in [3.8, 4) is 0 Å². The zero-order valence-corrected chi connectivity index (χ0v) is 14.7. The van der Waals surface area contributed by atoms with E-state index in [4.69, 9.17) is 0 Å². The fraction of sp³-hybridized carbons (Fsp3) is 0.846. The normalized spacial score (nSPS) is 15.5. The summed E-state index contributed by atoms with van der Waals surface area (Å²) in [5, 5.41) is 9.40. The van der Waals surface area contributed by atoms with Gasteiger partial charge in [0.15, 0.2) is 5.96 Å². The molecule has 1 aliphatic carbocycles. The SMILES string of the molecule is CCNC(=NCCNC(=O)C1CC1)NC(C)(C)C.I. The molecule has 0 bridgehead atoms. The Labute approximate surface area is 133 Å². The molecule has 1 fully saturated rings. The van der Waals surface area contributed by atoms with E-state index >= 15 is 0 Å². The summed E-state index contributed by atoms with van der Waals surface area (Å²) in [5.74, 6) is 1.25. The molecule has 0 radical (unpaired) electrons. The smallest absolute Gasteiger partial charge is 0.223 e. The molecule has 112 valence electrons. The van der Waals surface area contributed by atoms with E-state index in [1.54, 1.807) is 0 Å². The van der Waals surface area contributed by atoms with Crippen molar-refractivity contribution in [1.82, 2.24) is 16.0 Å². The van der Waals surface area contributed by atoms with Gasteiger partial charge < -0.3 is 16.0 Å². The third-order valence-electron chi connectivity index (χ3n) is 2.47. The van der Waals surface area contributed by atoms with Gasteiger partial charge in [-0.15, -0.1) is 24.0 Å². The van der Waals surface area contributed by atoms with Crippen LogP contribution in [0.15, 0.2) is 4.99 Å². The van der Waals surface area contributed by atoms with Crippen LogP contribution in [0.5, 0.6) is 0 Å². The molecule has 0 saturated heterocycles. The summed E-state index contributed by atoms with van der Waals surface area (Å²) in [6.07, 6.45) is 2.09. The molecule has 0 aromatic rings. The molecule has 0 aromatic carbocycles. The summed E-state index contributed by atoms with van der Waals surface area (Å²) in [6.45, 7) is 10.4. The molecule has 6 heteroatoms. The van der Waals surface area contributed by atoms with Crippen molar-refractivity contribution in [2.75, 3.05) is 19.6 Å². The fourth-order valence-corrected chi connectivity index (χ4v) is 1.50. The van der Waals surface area contributed by atoms with E-state index in [1.807, 2.05) is 6.92 Å². The second-order valence-electron chi connectivity index (χ2n) is 5.70. The maximum absolute atomic E-state index is 11.4. The van der Waals surface area contributed by atoms with Gasteiger partial charge in [-0.25, -0.2) is 0 Å². The van der Waals surface area contributed by atoms with Crippen molar-refractivity contribution in [2.24, 2.45) is 10.9 Å². The van der Waals surface area contributed by atoms with Gasteiger partial charge in [-0.2, -0.15) is 0 Å². The Kier molecular flexibility index (Phi) is 8.36. The molecule has 1 amide bonds. The number of guanidine groups is 1. The van der Waals surface area contributed by atoms with Crippen LogP contribution in [0.1, 0.15) is 40.5 Å². The molecule has 0 heterocycles. The molecule has 1 aliphatic rings. The molecule has 0 aliphatic heterocycles. The third kappa shape index (κ3) is 9.07. The highest BCUT2D eigenvalue weighted by Gasteiger charge is 2.28. The number of hydrogen-bond donors (Lipinski definition) is 3. The van der Waals surface area contributed by atoms with Crippen LogP contribution in [0.4, 0.5) is 0 Å². The summed E-state index contributed by atoms with van der Waals surface area (Å²) in [4.78, 5) is 15.8. The van der Waals surface area contributed by atoms with E-state index in [9.17, 15) is 4.79 Å². The van der Waals surface area contributed by atoms with Crippen LogP contribution in [0.2, 0.25) is 0 Å². The minimum Gasteiger partial charge on any atom is -0.357 e. The van der Waals surface area contributed by atoms with E-state index in [1.165, 1.54) is 0 Å². The van der Waals surface area contributed by atoms with Crippen molar-refractivity contribution in [3.63, 3.8) is 0 Å². The predicted octanol–water partition coefficient (Wildman–Crippen LogP) is 1.48. The summed E-state index contributed by atoms with van der Waals surface area (Å²) in [5.41, 5.74) is -0.0156. The minimum absolute atomic E-state index is 0. The molecule has 0 unspecified atom stereocenters. The molecule has 0 atom stereocenters. The topological polar surface area (TPSA) is 65.5 Å². The molecule has 0 aromatic heterocycles. The van der Waals surface area contributed by atoms with Crippen molar-refractivity contribution in [1.29, 1.82) is 0 Å².